The number of fused-ring (bicyclic) bond motifs is 3. The Morgan fingerprint density at radius 2 is 2.05 bits per heavy atom. The molecule has 2 aliphatic carbocycles. The third-order valence-corrected chi connectivity index (χ3v) is 5.85. The van der Waals surface area contributed by atoms with E-state index in [-0.39, 0.29) is 0 Å². The fraction of sp³-hybridized carbons (Fsp3) is 0.438. The monoisotopic (exact) mass is 304 g/mol. The van der Waals surface area contributed by atoms with Gasteiger partial charge in [0.05, 0.1) is 10.2 Å². The first-order chi connectivity index (χ1) is 9.63. The van der Waals surface area contributed by atoms with Crippen LogP contribution < -0.4 is 0 Å². The molecule has 0 radical (unpaired) electrons. The second-order valence-corrected chi connectivity index (χ2v) is 7.50. The summed E-state index contributed by atoms with van der Waals surface area (Å²) in [6.45, 7) is 0. The highest BCUT2D eigenvalue weighted by molar-refractivity contribution is 7.19. The Hall–Kier alpha value is -1.06. The minimum atomic E-state index is 0.716. The van der Waals surface area contributed by atoms with Gasteiger partial charge in [0.25, 0.3) is 0 Å². The highest BCUT2D eigenvalue weighted by Crippen LogP contribution is 2.53. The van der Waals surface area contributed by atoms with Crippen molar-refractivity contribution in [2.45, 2.75) is 19.3 Å². The van der Waals surface area contributed by atoms with E-state index >= 15 is 0 Å². The molecule has 0 saturated heterocycles. The number of aromatic nitrogens is 1. The molecular weight excluding hydrogens is 288 g/mol. The summed E-state index contributed by atoms with van der Waals surface area (Å²) in [5, 5.41) is 2.00. The van der Waals surface area contributed by atoms with Crippen LogP contribution in [0.4, 0.5) is 0 Å². The molecule has 104 valence electrons. The van der Waals surface area contributed by atoms with Crippen molar-refractivity contribution in [3.8, 4) is 0 Å². The number of allylic oxidation sites excluding steroid dienone is 2. The summed E-state index contributed by atoms with van der Waals surface area (Å²) in [4.78, 5) is 7.17. The lowest BCUT2D eigenvalue weighted by Gasteiger charge is -2.25. The van der Waals surface area contributed by atoms with E-state index in [9.17, 15) is 0 Å². The molecule has 0 N–H and O–H groups in total. The van der Waals surface area contributed by atoms with Gasteiger partial charge >= 0.3 is 0 Å². The van der Waals surface area contributed by atoms with Crippen molar-refractivity contribution in [2.75, 3.05) is 14.1 Å². The lowest BCUT2D eigenvalue weighted by atomic mass is 9.96. The average molecular weight is 305 g/mol. The summed E-state index contributed by atoms with van der Waals surface area (Å²) in [5.74, 6) is 1.47. The predicted octanol–water partition coefficient (Wildman–Crippen LogP) is 4.65. The number of hydrogen-bond donors (Lipinski definition) is 0. The molecule has 2 atom stereocenters. The highest BCUT2D eigenvalue weighted by Gasteiger charge is 2.41. The summed E-state index contributed by atoms with van der Waals surface area (Å²) in [7, 11) is 4.33. The Bertz CT molecular complexity index is 716. The van der Waals surface area contributed by atoms with Crippen LogP contribution in [-0.4, -0.2) is 24.0 Å². The molecule has 2 nitrogen and oxygen atoms in total. The standard InChI is InChI=1S/C16H17ClN2S/c1-19(2)15-10-4-3-9(7-10)14(15)16-18-12-6-5-11(17)8-13(12)20-16/h5-6,8-10H,3-4,7H2,1-2H3/t9-,10+/m0/s1. The van der Waals surface area contributed by atoms with Gasteiger partial charge in [-0.25, -0.2) is 4.98 Å². The van der Waals surface area contributed by atoms with E-state index in [4.69, 9.17) is 16.6 Å². The van der Waals surface area contributed by atoms with Gasteiger partial charge in [-0.2, -0.15) is 0 Å². The van der Waals surface area contributed by atoms with E-state index < -0.39 is 0 Å². The van der Waals surface area contributed by atoms with Crippen molar-refractivity contribution in [2.24, 2.45) is 11.8 Å². The van der Waals surface area contributed by atoms with Crippen LogP contribution >= 0.6 is 22.9 Å². The van der Waals surface area contributed by atoms with E-state index in [2.05, 4.69) is 19.0 Å². The van der Waals surface area contributed by atoms with Gasteiger partial charge in [-0.05, 0) is 49.3 Å². The Kier molecular flexibility index (Phi) is 2.83. The fourth-order valence-corrected chi connectivity index (χ4v) is 5.20. The van der Waals surface area contributed by atoms with Crippen molar-refractivity contribution in [1.82, 2.24) is 9.88 Å². The maximum Gasteiger partial charge on any atom is 0.122 e. The molecule has 4 rings (SSSR count). The molecule has 1 saturated carbocycles. The van der Waals surface area contributed by atoms with Gasteiger partial charge in [-0.1, -0.05) is 11.6 Å². The Labute approximate surface area is 128 Å². The van der Waals surface area contributed by atoms with E-state index in [0.29, 0.717) is 5.92 Å². The molecule has 4 heteroatoms. The van der Waals surface area contributed by atoms with Crippen molar-refractivity contribution in [3.63, 3.8) is 0 Å². The lowest BCUT2D eigenvalue weighted by Crippen LogP contribution is -2.18. The van der Waals surface area contributed by atoms with Crippen LogP contribution in [-0.2, 0) is 0 Å². The van der Waals surface area contributed by atoms with Gasteiger partial charge < -0.3 is 4.90 Å². The van der Waals surface area contributed by atoms with Crippen molar-refractivity contribution in [3.05, 3.63) is 33.9 Å². The fourth-order valence-electron chi connectivity index (χ4n) is 3.82. The first kappa shape index (κ1) is 12.7. The van der Waals surface area contributed by atoms with Crippen LogP contribution in [0.25, 0.3) is 15.8 Å². The Morgan fingerprint density at radius 1 is 1.25 bits per heavy atom. The smallest absolute Gasteiger partial charge is 0.122 e. The molecule has 2 bridgehead atoms. The molecule has 1 heterocycles. The first-order valence-corrected chi connectivity index (χ1v) is 8.31. The van der Waals surface area contributed by atoms with Crippen LogP contribution in [0.5, 0.6) is 0 Å². The van der Waals surface area contributed by atoms with Crippen LogP contribution in [0, 0.1) is 11.8 Å². The predicted molar refractivity (Wildman–Crippen MR) is 86.1 cm³/mol. The summed E-state index contributed by atoms with van der Waals surface area (Å²) < 4.78 is 1.20. The summed E-state index contributed by atoms with van der Waals surface area (Å²) in [6, 6.07) is 5.98. The molecule has 1 fully saturated rings. The maximum atomic E-state index is 6.09. The van der Waals surface area contributed by atoms with Crippen molar-refractivity contribution >= 4 is 38.7 Å². The molecule has 2 aliphatic rings. The van der Waals surface area contributed by atoms with Gasteiger partial charge in [0, 0.05) is 30.4 Å². The Balaban J connectivity index is 1.89. The molecule has 2 aromatic rings. The van der Waals surface area contributed by atoms with Crippen molar-refractivity contribution < 1.29 is 0 Å². The molecule has 20 heavy (non-hydrogen) atoms. The number of thiazole rings is 1. The molecule has 0 spiro atoms. The molecular formula is C16H17ClN2S. The van der Waals surface area contributed by atoms with Gasteiger partial charge in [0.1, 0.15) is 5.01 Å². The molecule has 1 aromatic heterocycles. The van der Waals surface area contributed by atoms with E-state index in [1.807, 2.05) is 18.2 Å². The minimum Gasteiger partial charge on any atom is -0.380 e. The number of rotatable bonds is 2. The zero-order valence-electron chi connectivity index (χ0n) is 11.7. The number of hydrogen-bond acceptors (Lipinski definition) is 3. The van der Waals surface area contributed by atoms with Crippen LogP contribution in [0.15, 0.2) is 23.9 Å². The van der Waals surface area contributed by atoms with Crippen LogP contribution in [0.3, 0.4) is 0 Å². The van der Waals surface area contributed by atoms with E-state index in [1.165, 1.54) is 40.2 Å². The van der Waals surface area contributed by atoms with Crippen LogP contribution in [0.2, 0.25) is 5.02 Å². The zero-order chi connectivity index (χ0) is 13.9. The average Bonchev–Trinajstić information content (AvgIpc) is 3.09. The quantitative estimate of drug-likeness (QED) is 0.802. The lowest BCUT2D eigenvalue weighted by molar-refractivity contribution is 0.430. The molecule has 0 unspecified atom stereocenters. The molecule has 0 aliphatic heterocycles. The second-order valence-electron chi connectivity index (χ2n) is 6.03. The van der Waals surface area contributed by atoms with Crippen molar-refractivity contribution in [1.29, 1.82) is 0 Å². The van der Waals surface area contributed by atoms with Gasteiger partial charge in [0.2, 0.25) is 0 Å². The summed E-state index contributed by atoms with van der Waals surface area (Å²) >= 11 is 7.88. The normalized spacial score (nSPS) is 24.9. The first-order valence-electron chi connectivity index (χ1n) is 7.11. The number of nitrogens with zero attached hydrogens (tertiary/aromatic N) is 2. The SMILES string of the molecule is CN(C)C1=C(c2nc3ccc(Cl)cc3s2)[C@H]2CC[C@@H]1C2. The highest BCUT2D eigenvalue weighted by atomic mass is 35.5. The van der Waals surface area contributed by atoms with E-state index in [1.54, 1.807) is 11.3 Å². The third-order valence-electron chi connectivity index (χ3n) is 4.57. The zero-order valence-corrected chi connectivity index (χ0v) is 13.3. The van der Waals surface area contributed by atoms with E-state index in [0.717, 1.165) is 16.5 Å². The number of benzene rings is 1. The molecule has 1 aromatic carbocycles. The summed E-state index contributed by atoms with van der Waals surface area (Å²) in [5.41, 5.74) is 4.10. The minimum absolute atomic E-state index is 0.716. The van der Waals surface area contributed by atoms with Gasteiger partial charge in [-0.3, -0.25) is 0 Å². The topological polar surface area (TPSA) is 16.1 Å². The Morgan fingerprint density at radius 3 is 2.85 bits per heavy atom. The maximum absolute atomic E-state index is 6.09. The largest absolute Gasteiger partial charge is 0.380 e. The molecule has 0 amide bonds. The van der Waals surface area contributed by atoms with Gasteiger partial charge in [0.15, 0.2) is 0 Å². The summed E-state index contributed by atoms with van der Waals surface area (Å²) in [6.07, 6.45) is 3.99. The third kappa shape index (κ3) is 1.80. The number of halogens is 1. The van der Waals surface area contributed by atoms with Crippen LogP contribution in [0.1, 0.15) is 24.3 Å². The second kappa shape index (κ2) is 4.47. The van der Waals surface area contributed by atoms with Gasteiger partial charge in [-0.15, -0.1) is 11.3 Å².